The van der Waals surface area contributed by atoms with Crippen molar-refractivity contribution in [3.8, 4) is 0 Å². The molecule has 31 heavy (non-hydrogen) atoms. The Labute approximate surface area is 179 Å². The van der Waals surface area contributed by atoms with Gasteiger partial charge >= 0.3 is 11.9 Å². The maximum atomic E-state index is 11.8. The van der Waals surface area contributed by atoms with E-state index in [0.29, 0.717) is 23.3 Å². The molecular formula is C19H29N3O9. The highest BCUT2D eigenvalue weighted by Crippen LogP contribution is 2.17. The number of imide groups is 2. The Morgan fingerprint density at radius 1 is 0.903 bits per heavy atom. The number of hydrogen-bond acceptors (Lipinski definition) is 10. The number of nitrogens with zero attached hydrogens (tertiary/aromatic N) is 2. The molecule has 2 aliphatic rings. The minimum atomic E-state index is -0.841. The minimum absolute atomic E-state index is 0.00408. The van der Waals surface area contributed by atoms with Crippen molar-refractivity contribution < 1.29 is 43.2 Å². The highest BCUT2D eigenvalue weighted by Gasteiger charge is 2.35. The van der Waals surface area contributed by atoms with Crippen LogP contribution in [-0.2, 0) is 43.2 Å². The van der Waals surface area contributed by atoms with Gasteiger partial charge in [0.1, 0.15) is 0 Å². The summed E-state index contributed by atoms with van der Waals surface area (Å²) in [5.41, 5.74) is 5.14. The molecule has 0 radical (unpaired) electrons. The zero-order chi connectivity index (χ0) is 23.4. The van der Waals surface area contributed by atoms with E-state index in [4.69, 9.17) is 15.3 Å². The van der Waals surface area contributed by atoms with Crippen LogP contribution in [0.2, 0.25) is 0 Å². The van der Waals surface area contributed by atoms with Crippen molar-refractivity contribution in [2.45, 2.75) is 58.8 Å². The molecule has 2 N–H and O–H groups in total. The van der Waals surface area contributed by atoms with Gasteiger partial charge < -0.3 is 20.1 Å². The maximum absolute atomic E-state index is 11.8. The number of carbonyl (C=O) groups excluding carboxylic acids is 6. The van der Waals surface area contributed by atoms with Crippen LogP contribution < -0.4 is 5.73 Å². The largest absolute Gasteiger partial charge is 0.380 e. The van der Waals surface area contributed by atoms with Gasteiger partial charge in [-0.2, -0.15) is 0 Å². The molecule has 2 rings (SSSR count). The van der Waals surface area contributed by atoms with Gasteiger partial charge in [0.15, 0.2) is 0 Å². The Kier molecular flexibility index (Phi) is 11.4. The van der Waals surface area contributed by atoms with Gasteiger partial charge in [-0.15, -0.1) is 10.1 Å². The second-order valence-corrected chi connectivity index (χ2v) is 6.88. The summed E-state index contributed by atoms with van der Waals surface area (Å²) in [6.45, 7) is 5.72. The Morgan fingerprint density at radius 3 is 1.84 bits per heavy atom. The predicted molar refractivity (Wildman–Crippen MR) is 103 cm³/mol. The van der Waals surface area contributed by atoms with E-state index in [-0.39, 0.29) is 38.5 Å². The summed E-state index contributed by atoms with van der Waals surface area (Å²) < 4.78 is 5.01. The highest BCUT2D eigenvalue weighted by molar-refractivity contribution is 6.02. The van der Waals surface area contributed by atoms with Gasteiger partial charge in [-0.3, -0.25) is 19.2 Å². The van der Waals surface area contributed by atoms with Crippen LogP contribution in [0.4, 0.5) is 0 Å². The number of nitrogens with two attached hydrogens (primary N) is 1. The minimum Gasteiger partial charge on any atom is -0.380 e. The summed E-state index contributed by atoms with van der Waals surface area (Å²) in [6.07, 6.45) is 0.814. The highest BCUT2D eigenvalue weighted by atomic mass is 16.7. The third kappa shape index (κ3) is 8.80. The predicted octanol–water partition coefficient (Wildman–Crippen LogP) is -0.0112. The van der Waals surface area contributed by atoms with Gasteiger partial charge in [0.2, 0.25) is 0 Å². The molecule has 0 aromatic heterocycles. The second kappa shape index (κ2) is 13.4. The fourth-order valence-corrected chi connectivity index (χ4v) is 2.43. The Morgan fingerprint density at radius 2 is 1.39 bits per heavy atom. The van der Waals surface area contributed by atoms with E-state index >= 15 is 0 Å². The first kappa shape index (κ1) is 26.2. The van der Waals surface area contributed by atoms with E-state index in [9.17, 15) is 28.8 Å². The van der Waals surface area contributed by atoms with E-state index < -0.39 is 41.5 Å². The van der Waals surface area contributed by atoms with Gasteiger partial charge in [0, 0.05) is 45.3 Å². The maximum Gasteiger partial charge on any atom is 0.335 e. The lowest BCUT2D eigenvalue weighted by Gasteiger charge is -2.16. The Balaban J connectivity index is 0.000000592. The molecule has 2 saturated heterocycles. The van der Waals surface area contributed by atoms with Crippen molar-refractivity contribution in [1.29, 1.82) is 0 Å². The van der Waals surface area contributed by atoms with Crippen LogP contribution in [0.3, 0.4) is 0 Å². The van der Waals surface area contributed by atoms with Gasteiger partial charge in [-0.05, 0) is 12.8 Å². The van der Waals surface area contributed by atoms with Crippen molar-refractivity contribution in [3.05, 3.63) is 0 Å². The standard InChI is InChI=1S/C14H16N2O8.C5H13NO/c1-8(14(22)24-16-11(19)5-6-12(16)20)2-7-13(21)23-15-9(17)3-4-10(15)18;1-2-4-7-5-3-6/h8H,2-7H2,1H3;2-6H2,1H3. The molecule has 12 heteroatoms. The topological polar surface area (TPSA) is 163 Å². The van der Waals surface area contributed by atoms with E-state index in [1.54, 1.807) is 0 Å². The lowest BCUT2D eigenvalue weighted by molar-refractivity contribution is -0.201. The molecule has 1 atom stereocenters. The molecule has 12 nitrogen and oxygen atoms in total. The van der Waals surface area contributed by atoms with Gasteiger partial charge in [0.25, 0.3) is 23.6 Å². The quantitative estimate of drug-likeness (QED) is 0.359. The van der Waals surface area contributed by atoms with Crippen LogP contribution in [-0.4, -0.2) is 65.5 Å². The first-order valence-electron chi connectivity index (χ1n) is 10.1. The van der Waals surface area contributed by atoms with Crippen LogP contribution >= 0.6 is 0 Å². The molecule has 0 aromatic rings. The summed E-state index contributed by atoms with van der Waals surface area (Å²) >= 11 is 0. The third-order valence-corrected chi connectivity index (χ3v) is 4.18. The Bertz CT molecular complexity index is 659. The van der Waals surface area contributed by atoms with E-state index in [0.717, 1.165) is 13.0 Å². The molecule has 2 heterocycles. The lowest BCUT2D eigenvalue weighted by Crippen LogP contribution is -2.34. The molecule has 0 saturated carbocycles. The lowest BCUT2D eigenvalue weighted by atomic mass is 10.1. The SMILES string of the molecule is CC(CCC(=O)ON1C(=O)CCC1=O)C(=O)ON1C(=O)CCC1=O.CCCOCCN. The van der Waals surface area contributed by atoms with Crippen LogP contribution in [0.25, 0.3) is 0 Å². The van der Waals surface area contributed by atoms with Crippen LogP contribution in [0.15, 0.2) is 0 Å². The van der Waals surface area contributed by atoms with Crippen molar-refractivity contribution in [3.63, 3.8) is 0 Å². The van der Waals surface area contributed by atoms with Crippen LogP contribution in [0, 0.1) is 5.92 Å². The number of amides is 4. The molecule has 0 aliphatic carbocycles. The second-order valence-electron chi connectivity index (χ2n) is 6.88. The van der Waals surface area contributed by atoms with E-state index in [1.807, 2.05) is 0 Å². The molecule has 1 unspecified atom stereocenters. The van der Waals surface area contributed by atoms with E-state index in [1.165, 1.54) is 6.92 Å². The zero-order valence-electron chi connectivity index (χ0n) is 17.8. The van der Waals surface area contributed by atoms with Crippen molar-refractivity contribution >= 4 is 35.6 Å². The smallest absolute Gasteiger partial charge is 0.335 e. The molecule has 174 valence electrons. The van der Waals surface area contributed by atoms with Crippen molar-refractivity contribution in [2.75, 3.05) is 19.8 Å². The van der Waals surface area contributed by atoms with Gasteiger partial charge in [-0.25, -0.2) is 9.59 Å². The molecule has 2 aliphatic heterocycles. The number of carbonyl (C=O) groups is 6. The van der Waals surface area contributed by atoms with Crippen LogP contribution in [0.5, 0.6) is 0 Å². The van der Waals surface area contributed by atoms with Crippen molar-refractivity contribution in [1.82, 2.24) is 10.1 Å². The molecule has 0 spiro atoms. The molecule has 2 fully saturated rings. The zero-order valence-corrected chi connectivity index (χ0v) is 17.8. The van der Waals surface area contributed by atoms with Crippen molar-refractivity contribution in [2.24, 2.45) is 11.7 Å². The first-order valence-corrected chi connectivity index (χ1v) is 10.1. The average molecular weight is 443 g/mol. The number of ether oxygens (including phenoxy) is 1. The monoisotopic (exact) mass is 443 g/mol. The number of hydrogen-bond donors (Lipinski definition) is 1. The number of hydroxylamine groups is 4. The summed E-state index contributed by atoms with van der Waals surface area (Å²) in [5, 5.41) is 0.853. The van der Waals surface area contributed by atoms with Gasteiger partial charge in [0.05, 0.1) is 12.5 Å². The van der Waals surface area contributed by atoms with Crippen LogP contribution in [0.1, 0.15) is 58.8 Å². The summed E-state index contributed by atoms with van der Waals surface area (Å²) in [4.78, 5) is 78.1. The first-order chi connectivity index (χ1) is 14.7. The average Bonchev–Trinajstić information content (AvgIpc) is 3.23. The summed E-state index contributed by atoms with van der Waals surface area (Å²) in [7, 11) is 0. The Hall–Kier alpha value is -2.86. The normalized spacial score (nSPS) is 16.9. The number of rotatable bonds is 10. The molecule has 0 aromatic carbocycles. The van der Waals surface area contributed by atoms with E-state index in [2.05, 4.69) is 11.8 Å². The fourth-order valence-electron chi connectivity index (χ4n) is 2.43. The summed E-state index contributed by atoms with van der Waals surface area (Å²) in [6, 6.07) is 0. The van der Waals surface area contributed by atoms with Gasteiger partial charge in [-0.1, -0.05) is 13.8 Å². The molecule has 4 amide bonds. The third-order valence-electron chi connectivity index (χ3n) is 4.18. The molecule has 0 bridgehead atoms. The summed E-state index contributed by atoms with van der Waals surface area (Å²) in [5.74, 6) is -4.83. The fraction of sp³-hybridized carbons (Fsp3) is 0.684. The molecular weight excluding hydrogens is 414 g/mol.